The van der Waals surface area contributed by atoms with E-state index in [1.54, 1.807) is 6.07 Å². The van der Waals surface area contributed by atoms with E-state index in [1.165, 1.54) is 0 Å². The van der Waals surface area contributed by atoms with Gasteiger partial charge in [-0.25, -0.2) is 4.98 Å². The Hall–Kier alpha value is -3.30. The molecule has 6 heteroatoms. The predicted molar refractivity (Wildman–Crippen MR) is 111 cm³/mol. The zero-order chi connectivity index (χ0) is 20.2. The van der Waals surface area contributed by atoms with E-state index >= 15 is 0 Å². The smallest absolute Gasteiger partial charge is 0.255 e. The average Bonchev–Trinajstić information content (AvgIpc) is 2.75. The van der Waals surface area contributed by atoms with Crippen LogP contribution >= 0.6 is 0 Å². The van der Waals surface area contributed by atoms with E-state index in [0.29, 0.717) is 12.1 Å². The first-order valence-corrected chi connectivity index (χ1v) is 9.95. The molecule has 0 saturated carbocycles. The molecule has 0 aliphatic carbocycles. The van der Waals surface area contributed by atoms with Crippen LogP contribution in [0.4, 0.5) is 0 Å². The van der Waals surface area contributed by atoms with E-state index in [-0.39, 0.29) is 5.56 Å². The summed E-state index contributed by atoms with van der Waals surface area (Å²) in [6.07, 6.45) is 4.44. The quantitative estimate of drug-likeness (QED) is 0.729. The Morgan fingerprint density at radius 2 is 2.17 bits per heavy atom. The number of aromatic nitrogens is 3. The molecule has 4 rings (SSSR count). The molecule has 3 aromatic rings. The van der Waals surface area contributed by atoms with E-state index in [2.05, 4.69) is 38.9 Å². The molecule has 0 spiro atoms. The molecule has 0 fully saturated rings. The van der Waals surface area contributed by atoms with Crippen molar-refractivity contribution in [3.05, 3.63) is 81.2 Å². The van der Waals surface area contributed by atoms with Crippen LogP contribution < -0.4 is 5.56 Å². The molecule has 146 valence electrons. The molecule has 0 atom stereocenters. The second kappa shape index (κ2) is 8.38. The average molecular weight is 385 g/mol. The lowest BCUT2D eigenvalue weighted by Crippen LogP contribution is -2.35. The van der Waals surface area contributed by atoms with Crippen LogP contribution in [0.3, 0.4) is 0 Å². The Labute approximate surface area is 169 Å². The van der Waals surface area contributed by atoms with Crippen molar-refractivity contribution in [1.82, 2.24) is 19.9 Å². The number of benzene rings is 1. The summed E-state index contributed by atoms with van der Waals surface area (Å²) in [5, 5.41) is 9.06. The lowest BCUT2D eigenvalue weighted by atomic mass is 10.1. The largest absolute Gasteiger partial charge is 0.310 e. The van der Waals surface area contributed by atoms with Crippen LogP contribution in [-0.2, 0) is 25.9 Å². The molecular weight excluding hydrogens is 362 g/mol. The highest BCUT2D eigenvalue weighted by atomic mass is 16.1. The van der Waals surface area contributed by atoms with Gasteiger partial charge in [-0.15, -0.1) is 0 Å². The number of fused-ring (bicyclic) bond motifs is 1. The van der Waals surface area contributed by atoms with Crippen molar-refractivity contribution in [2.45, 2.75) is 39.3 Å². The summed E-state index contributed by atoms with van der Waals surface area (Å²) in [4.78, 5) is 26.9. The molecule has 1 N–H and O–H groups in total. The number of nitriles is 1. The minimum Gasteiger partial charge on any atom is -0.310 e. The van der Waals surface area contributed by atoms with Crippen LogP contribution in [0.5, 0.6) is 0 Å². The highest BCUT2D eigenvalue weighted by Gasteiger charge is 2.21. The van der Waals surface area contributed by atoms with Gasteiger partial charge in [0.15, 0.2) is 0 Å². The number of nitrogens with one attached hydrogen (secondary N) is 1. The van der Waals surface area contributed by atoms with E-state index < -0.39 is 0 Å². The highest BCUT2D eigenvalue weighted by molar-refractivity contribution is 5.61. The van der Waals surface area contributed by atoms with Gasteiger partial charge in [-0.1, -0.05) is 25.1 Å². The van der Waals surface area contributed by atoms with Gasteiger partial charge in [0.05, 0.1) is 28.6 Å². The molecule has 0 radical (unpaired) electrons. The molecule has 0 amide bonds. The maximum Gasteiger partial charge on any atom is 0.255 e. The molecular formula is C23H23N5O. The summed E-state index contributed by atoms with van der Waals surface area (Å²) in [5.41, 5.74) is 5.23. The van der Waals surface area contributed by atoms with Crippen LogP contribution in [0, 0.1) is 11.3 Å². The topological polar surface area (TPSA) is 85.7 Å². The lowest BCUT2D eigenvalue weighted by molar-refractivity contribution is 0.241. The summed E-state index contributed by atoms with van der Waals surface area (Å²) in [6, 6.07) is 13.6. The van der Waals surface area contributed by atoms with E-state index in [1.807, 2.05) is 30.5 Å². The molecule has 0 bridgehead atoms. The maximum atomic E-state index is 12.5. The van der Waals surface area contributed by atoms with Crippen molar-refractivity contribution < 1.29 is 0 Å². The first-order valence-electron chi connectivity index (χ1n) is 9.95. The predicted octanol–water partition coefficient (Wildman–Crippen LogP) is 3.21. The maximum absolute atomic E-state index is 12.5. The third kappa shape index (κ3) is 4.25. The second-order valence-electron chi connectivity index (χ2n) is 7.39. The third-order valence-electron chi connectivity index (χ3n) is 5.20. The van der Waals surface area contributed by atoms with Gasteiger partial charge in [0.2, 0.25) is 0 Å². The molecule has 6 nitrogen and oxygen atoms in total. The number of rotatable bonds is 5. The number of aryl methyl sites for hydroxylation is 1. The summed E-state index contributed by atoms with van der Waals surface area (Å²) >= 11 is 0. The molecule has 2 aromatic heterocycles. The van der Waals surface area contributed by atoms with Crippen molar-refractivity contribution in [3.8, 4) is 17.3 Å². The van der Waals surface area contributed by atoms with E-state index in [9.17, 15) is 4.79 Å². The molecule has 1 aromatic carbocycles. The van der Waals surface area contributed by atoms with Gasteiger partial charge in [-0.2, -0.15) is 5.26 Å². The molecule has 0 unspecified atom stereocenters. The summed E-state index contributed by atoms with van der Waals surface area (Å²) in [6.45, 7) is 4.30. The van der Waals surface area contributed by atoms with E-state index in [0.717, 1.165) is 66.3 Å². The van der Waals surface area contributed by atoms with E-state index in [4.69, 9.17) is 5.26 Å². The Balaban J connectivity index is 1.47. The fourth-order valence-electron chi connectivity index (χ4n) is 3.72. The minimum atomic E-state index is -0.00556. The first kappa shape index (κ1) is 19.0. The zero-order valence-corrected chi connectivity index (χ0v) is 16.5. The third-order valence-corrected chi connectivity index (χ3v) is 5.20. The fraction of sp³-hybridized carbons (Fsp3) is 0.304. The highest BCUT2D eigenvalue weighted by Crippen LogP contribution is 2.20. The van der Waals surface area contributed by atoms with Gasteiger partial charge >= 0.3 is 0 Å². The lowest BCUT2D eigenvalue weighted by Gasteiger charge is -2.27. The standard InChI is InChI=1S/C23H23N5O/c1-2-4-22-26-21-9-10-28(15-19(21)23(29)27-22)14-17-7-8-20(25-13-17)18-6-3-5-16(11-18)12-24/h3,5-8,11,13H,2,4,9-10,14-15H2,1H3,(H,26,27,29). The van der Waals surface area contributed by atoms with Gasteiger partial charge in [0.25, 0.3) is 5.56 Å². The molecule has 1 aliphatic rings. The van der Waals surface area contributed by atoms with Gasteiger partial charge in [0.1, 0.15) is 5.82 Å². The van der Waals surface area contributed by atoms with Gasteiger partial charge in [0, 0.05) is 44.2 Å². The SMILES string of the molecule is CCCc1nc2c(c(=O)[nH]1)CN(Cc1ccc(-c3cccc(C#N)c3)nc1)CC2. The van der Waals surface area contributed by atoms with Crippen molar-refractivity contribution in [3.63, 3.8) is 0 Å². The Kier molecular flexibility index (Phi) is 5.50. The van der Waals surface area contributed by atoms with Crippen molar-refractivity contribution >= 4 is 0 Å². The number of pyridine rings is 1. The summed E-state index contributed by atoms with van der Waals surface area (Å²) < 4.78 is 0. The molecule has 29 heavy (non-hydrogen) atoms. The first-order chi connectivity index (χ1) is 14.2. The fourth-order valence-corrected chi connectivity index (χ4v) is 3.72. The number of nitrogens with zero attached hydrogens (tertiary/aromatic N) is 4. The Morgan fingerprint density at radius 3 is 2.93 bits per heavy atom. The summed E-state index contributed by atoms with van der Waals surface area (Å²) in [5.74, 6) is 0.796. The molecule has 0 saturated heterocycles. The summed E-state index contributed by atoms with van der Waals surface area (Å²) in [7, 11) is 0. The Morgan fingerprint density at radius 1 is 1.28 bits per heavy atom. The van der Waals surface area contributed by atoms with Crippen molar-refractivity contribution in [1.29, 1.82) is 5.26 Å². The minimum absolute atomic E-state index is 0.00556. The van der Waals surface area contributed by atoms with Gasteiger partial charge in [-0.3, -0.25) is 14.7 Å². The van der Waals surface area contributed by atoms with Crippen LogP contribution in [0.15, 0.2) is 47.4 Å². The monoisotopic (exact) mass is 385 g/mol. The van der Waals surface area contributed by atoms with Crippen molar-refractivity contribution in [2.24, 2.45) is 0 Å². The number of H-pyrrole nitrogens is 1. The number of hydrogen-bond acceptors (Lipinski definition) is 5. The van der Waals surface area contributed by atoms with Crippen LogP contribution in [0.2, 0.25) is 0 Å². The van der Waals surface area contributed by atoms with Crippen LogP contribution in [0.1, 0.15) is 41.6 Å². The van der Waals surface area contributed by atoms with Crippen molar-refractivity contribution in [2.75, 3.05) is 6.54 Å². The molecule has 3 heterocycles. The zero-order valence-electron chi connectivity index (χ0n) is 16.5. The normalized spacial score (nSPS) is 13.7. The number of hydrogen-bond donors (Lipinski definition) is 1. The number of aromatic amines is 1. The van der Waals surface area contributed by atoms with Gasteiger partial charge < -0.3 is 4.98 Å². The van der Waals surface area contributed by atoms with Gasteiger partial charge in [-0.05, 0) is 30.2 Å². The van der Waals surface area contributed by atoms with Crippen LogP contribution in [0.25, 0.3) is 11.3 Å². The Bertz CT molecular complexity index is 1110. The molecule has 1 aliphatic heterocycles. The van der Waals surface area contributed by atoms with Crippen LogP contribution in [-0.4, -0.2) is 26.4 Å². The second-order valence-corrected chi connectivity index (χ2v) is 7.39.